The molecule has 0 bridgehead atoms. The quantitative estimate of drug-likeness (QED) is 0.167. The molecule has 0 aromatic carbocycles. The summed E-state index contributed by atoms with van der Waals surface area (Å²) in [6, 6.07) is 0. The molecule has 1 unspecified atom stereocenters. The monoisotopic (exact) mass is 624 g/mol. The first kappa shape index (κ1) is 39.3. The Bertz CT molecular complexity index is 588. The van der Waals surface area contributed by atoms with Gasteiger partial charge in [-0.25, -0.2) is 0 Å². The van der Waals surface area contributed by atoms with Crippen molar-refractivity contribution in [3.8, 4) is 0 Å². The fourth-order valence-electron chi connectivity index (χ4n) is 4.68. The van der Waals surface area contributed by atoms with Gasteiger partial charge in [-0.2, -0.15) is 5.06 Å². The molecule has 1 rings (SSSR count). The van der Waals surface area contributed by atoms with E-state index < -0.39 is 8.80 Å². The Morgan fingerprint density at radius 2 is 1.05 bits per heavy atom. The van der Waals surface area contributed by atoms with Crippen molar-refractivity contribution >= 4 is 14.7 Å². The average Bonchev–Trinajstić information content (AvgIpc) is 2.96. The van der Waals surface area contributed by atoms with Gasteiger partial charge in [0.15, 0.2) is 0 Å². The highest BCUT2D eigenvalue weighted by Crippen LogP contribution is 2.26. The topological polar surface area (TPSA) is 129 Å². The number of unbranched alkanes of at least 4 members (excludes halogenated alkanes) is 7. The summed E-state index contributed by atoms with van der Waals surface area (Å²) in [5.74, 6) is -0.213. The molecule has 0 aliphatic carbocycles. The van der Waals surface area contributed by atoms with Gasteiger partial charge in [-0.3, -0.25) is 9.63 Å². The average molecular weight is 625 g/mol. The van der Waals surface area contributed by atoms with E-state index in [1.807, 2.05) is 25.8 Å². The number of nitrogens with zero attached hydrogens (tertiary/aromatic N) is 1. The molecule has 1 aliphatic rings. The fraction of sp³-hybridized carbons (Fsp3) is 0.966. The third-order valence-electron chi connectivity index (χ3n) is 6.63. The lowest BCUT2D eigenvalue weighted by Gasteiger charge is -2.40. The zero-order valence-corrected chi connectivity index (χ0v) is 27.7. The van der Waals surface area contributed by atoms with Crippen molar-refractivity contribution < 1.29 is 46.6 Å². The van der Waals surface area contributed by atoms with Crippen molar-refractivity contribution in [3.63, 3.8) is 0 Å². The summed E-state index contributed by atoms with van der Waals surface area (Å²) in [6.07, 6.45) is 9.88. The second-order valence-electron chi connectivity index (χ2n) is 9.99. The molecule has 0 aromatic heterocycles. The Labute approximate surface area is 255 Å². The van der Waals surface area contributed by atoms with Crippen LogP contribution in [0.4, 0.5) is 0 Å². The smallest absolute Gasteiger partial charge is 0.377 e. The number of hydrogen-bond acceptors (Lipinski definition) is 11. The van der Waals surface area contributed by atoms with E-state index in [1.165, 1.54) is 12.8 Å². The van der Waals surface area contributed by atoms with Crippen molar-refractivity contribution in [2.45, 2.75) is 90.6 Å². The minimum atomic E-state index is -3.17. The molecule has 0 saturated carbocycles. The van der Waals surface area contributed by atoms with E-state index >= 15 is 0 Å². The van der Waals surface area contributed by atoms with Gasteiger partial charge < -0.3 is 42.7 Å². The van der Waals surface area contributed by atoms with Crippen LogP contribution in [0.3, 0.4) is 0 Å². The lowest BCUT2D eigenvalue weighted by molar-refractivity contribution is -0.237. The highest BCUT2D eigenvalue weighted by molar-refractivity contribution is 6.62. The van der Waals surface area contributed by atoms with Crippen molar-refractivity contribution in [1.29, 1.82) is 0 Å². The first-order valence-electron chi connectivity index (χ1n) is 16.1. The van der Waals surface area contributed by atoms with E-state index in [0.29, 0.717) is 92.3 Å². The predicted molar refractivity (Wildman–Crippen MR) is 162 cm³/mol. The van der Waals surface area contributed by atoms with E-state index in [9.17, 15) is 4.79 Å². The van der Waals surface area contributed by atoms with Crippen LogP contribution in [0.5, 0.6) is 0 Å². The highest BCUT2D eigenvalue weighted by Gasteiger charge is 2.52. The molecule has 1 aliphatic heterocycles. The Morgan fingerprint density at radius 1 is 0.643 bits per heavy atom. The second kappa shape index (κ2) is 27.8. The van der Waals surface area contributed by atoms with Gasteiger partial charge in [0.25, 0.3) is 0 Å². The predicted octanol–water partition coefficient (Wildman–Crippen LogP) is 3.62. The number of carbonyl (C=O) groups is 1. The van der Waals surface area contributed by atoms with E-state index in [1.54, 1.807) is 0 Å². The summed E-state index contributed by atoms with van der Waals surface area (Å²) in [7, 11) is -3.17. The van der Waals surface area contributed by atoms with Crippen molar-refractivity contribution in [2.75, 3.05) is 92.6 Å². The number of hydrogen-bond donors (Lipinski definition) is 1. The van der Waals surface area contributed by atoms with Gasteiger partial charge in [0.05, 0.1) is 66.1 Å². The van der Waals surface area contributed by atoms with Crippen LogP contribution in [0.2, 0.25) is 0 Å². The molecule has 0 aromatic rings. The first-order chi connectivity index (χ1) is 20.6. The Morgan fingerprint density at radius 3 is 1.50 bits per heavy atom. The summed E-state index contributed by atoms with van der Waals surface area (Å²) in [6.45, 7) is 12.2. The Hall–Kier alpha value is -0.713. The largest absolute Gasteiger partial charge is 0.521 e. The third-order valence-corrected chi connectivity index (χ3v) is 10.1. The molecule has 42 heavy (non-hydrogen) atoms. The number of carbonyl (C=O) groups excluding carboxylic acids is 1. The van der Waals surface area contributed by atoms with E-state index in [0.717, 1.165) is 44.9 Å². The van der Waals surface area contributed by atoms with E-state index in [-0.39, 0.29) is 18.3 Å². The van der Waals surface area contributed by atoms with Gasteiger partial charge in [0.2, 0.25) is 5.91 Å². The molecule has 1 atom stereocenters. The highest BCUT2D eigenvalue weighted by atomic mass is 28.4. The first-order valence-corrected chi connectivity index (χ1v) is 17.9. The fourth-order valence-corrected chi connectivity index (χ4v) is 7.77. The molecule has 1 fully saturated rings. The SMILES string of the molecule is CCO[Si](OCC)(OCC)C(CCCCCCCCCCC(N)=O)N1COCCOCCOCCOCCOCCO1. The third kappa shape index (κ3) is 19.5. The van der Waals surface area contributed by atoms with Crippen LogP contribution in [0, 0.1) is 0 Å². The van der Waals surface area contributed by atoms with Gasteiger partial charge in [-0.1, -0.05) is 44.9 Å². The molecule has 1 heterocycles. The maximum absolute atomic E-state index is 10.9. The van der Waals surface area contributed by atoms with Crippen LogP contribution in [-0.4, -0.2) is 118 Å². The number of rotatable bonds is 19. The molecular weight excluding hydrogens is 564 g/mol. The van der Waals surface area contributed by atoms with Crippen LogP contribution in [0.1, 0.15) is 85.0 Å². The van der Waals surface area contributed by atoms with Gasteiger partial charge in [-0.05, 0) is 33.6 Å². The lowest BCUT2D eigenvalue weighted by atomic mass is 10.1. The van der Waals surface area contributed by atoms with Crippen LogP contribution in [-0.2, 0) is 46.6 Å². The molecule has 1 saturated heterocycles. The summed E-state index contributed by atoms with van der Waals surface area (Å²) in [5, 5.41) is 1.85. The van der Waals surface area contributed by atoms with Crippen molar-refractivity contribution in [2.24, 2.45) is 5.73 Å². The second-order valence-corrected chi connectivity index (χ2v) is 12.7. The number of primary amides is 1. The number of nitrogens with two attached hydrogens (primary N) is 1. The van der Waals surface area contributed by atoms with Crippen LogP contribution < -0.4 is 5.73 Å². The number of hydroxylamine groups is 2. The molecule has 0 radical (unpaired) electrons. The normalized spacial score (nSPS) is 18.7. The minimum Gasteiger partial charge on any atom is -0.377 e. The molecular formula is C29H60N2O10Si. The van der Waals surface area contributed by atoms with E-state index in [2.05, 4.69) is 0 Å². The molecule has 12 nitrogen and oxygen atoms in total. The minimum absolute atomic E-state index is 0.213. The Kier molecular flexibility index (Phi) is 26.0. The summed E-state index contributed by atoms with van der Waals surface area (Å²) in [5.41, 5.74) is 4.99. The number of ether oxygens (including phenoxy) is 5. The maximum Gasteiger partial charge on any atom is 0.521 e. The van der Waals surface area contributed by atoms with Gasteiger partial charge in [-0.15, -0.1) is 0 Å². The van der Waals surface area contributed by atoms with Gasteiger partial charge >= 0.3 is 8.80 Å². The van der Waals surface area contributed by atoms with E-state index in [4.69, 9.17) is 47.5 Å². The molecule has 1 amide bonds. The van der Waals surface area contributed by atoms with Gasteiger partial charge in [0, 0.05) is 26.2 Å². The number of amides is 1. The maximum atomic E-state index is 10.9. The van der Waals surface area contributed by atoms with Crippen molar-refractivity contribution in [3.05, 3.63) is 0 Å². The van der Waals surface area contributed by atoms with Crippen LogP contribution >= 0.6 is 0 Å². The summed E-state index contributed by atoms with van der Waals surface area (Å²) >= 11 is 0. The zero-order valence-electron chi connectivity index (χ0n) is 26.7. The van der Waals surface area contributed by atoms with Crippen LogP contribution in [0.15, 0.2) is 0 Å². The lowest BCUT2D eigenvalue weighted by Crippen LogP contribution is -2.63. The molecule has 13 heteroatoms. The molecule has 0 spiro atoms. The molecule has 2 N–H and O–H groups in total. The Balaban J connectivity index is 2.83. The van der Waals surface area contributed by atoms with Crippen molar-refractivity contribution in [1.82, 2.24) is 5.06 Å². The van der Waals surface area contributed by atoms with Crippen LogP contribution in [0.25, 0.3) is 0 Å². The zero-order chi connectivity index (χ0) is 30.6. The summed E-state index contributed by atoms with van der Waals surface area (Å²) in [4.78, 5) is 17.2. The van der Waals surface area contributed by atoms with Gasteiger partial charge in [0.1, 0.15) is 12.4 Å². The molecule has 250 valence electrons. The standard InChI is InChI=1S/C29H60N2O10Si/c1-4-39-42(40-5-2,41-6-3)29(16-14-12-10-8-7-9-11-13-15-28(30)32)31-27-37-24-23-35-20-19-33-17-18-34-21-22-36-25-26-38-31/h29H,4-27H2,1-3H3,(H2,30,32). The summed E-state index contributed by atoms with van der Waals surface area (Å²) < 4.78 is 47.5.